The first-order valence-electron chi connectivity index (χ1n) is 6.39. The van der Waals surface area contributed by atoms with E-state index in [2.05, 4.69) is 11.7 Å². The van der Waals surface area contributed by atoms with E-state index in [-0.39, 0.29) is 19.4 Å². The van der Waals surface area contributed by atoms with Crippen molar-refractivity contribution in [3.8, 4) is 6.07 Å². The molecule has 0 bridgehead atoms. The van der Waals surface area contributed by atoms with Crippen molar-refractivity contribution >= 4 is 11.9 Å². The van der Waals surface area contributed by atoms with Gasteiger partial charge in [0, 0.05) is 0 Å². The van der Waals surface area contributed by atoms with E-state index >= 15 is 0 Å². The fraction of sp³-hybridized carbons (Fsp3) is 0.769. The Labute approximate surface area is 108 Å². The first kappa shape index (κ1) is 16.4. The number of ether oxygens (including phenoxy) is 2. The van der Waals surface area contributed by atoms with Crippen LogP contribution in [0.25, 0.3) is 0 Å². The molecule has 0 saturated carbocycles. The summed E-state index contributed by atoms with van der Waals surface area (Å²) >= 11 is 0. The van der Waals surface area contributed by atoms with Gasteiger partial charge in [-0.1, -0.05) is 32.6 Å². The number of esters is 2. The third kappa shape index (κ3) is 10.9. The van der Waals surface area contributed by atoms with E-state index in [1.165, 1.54) is 12.8 Å². The molecule has 0 aliphatic carbocycles. The van der Waals surface area contributed by atoms with Crippen LogP contribution in [0.15, 0.2) is 0 Å². The molecule has 0 aromatic rings. The molecule has 0 unspecified atom stereocenters. The highest BCUT2D eigenvalue weighted by Gasteiger charge is 2.11. The Morgan fingerprint density at radius 3 is 2.22 bits per heavy atom. The number of nitrogens with zero attached hydrogens (tertiary/aromatic N) is 1. The zero-order valence-corrected chi connectivity index (χ0v) is 10.9. The minimum Gasteiger partial charge on any atom is -0.465 e. The van der Waals surface area contributed by atoms with Gasteiger partial charge in [0.2, 0.25) is 0 Å². The maximum atomic E-state index is 11.2. The number of unbranched alkanes of at least 4 members (excludes halogenated alkanes) is 4. The molecule has 0 heterocycles. The minimum absolute atomic E-state index is 0.0274. The zero-order chi connectivity index (χ0) is 13.6. The molecule has 0 rings (SSSR count). The Balaban J connectivity index is 3.42. The normalized spacial score (nSPS) is 9.56. The van der Waals surface area contributed by atoms with Gasteiger partial charge < -0.3 is 9.47 Å². The summed E-state index contributed by atoms with van der Waals surface area (Å²) < 4.78 is 9.54. The molecule has 0 N–H and O–H groups in total. The van der Waals surface area contributed by atoms with Crippen molar-refractivity contribution in [1.82, 2.24) is 0 Å². The van der Waals surface area contributed by atoms with E-state index < -0.39 is 11.9 Å². The van der Waals surface area contributed by atoms with Gasteiger partial charge in [-0.05, 0) is 6.42 Å². The van der Waals surface area contributed by atoms with Gasteiger partial charge >= 0.3 is 11.9 Å². The van der Waals surface area contributed by atoms with Crippen LogP contribution in [-0.4, -0.2) is 25.2 Å². The molecule has 0 aliphatic heterocycles. The predicted molar refractivity (Wildman–Crippen MR) is 65.5 cm³/mol. The van der Waals surface area contributed by atoms with Crippen LogP contribution in [0.2, 0.25) is 0 Å². The molecule has 0 amide bonds. The molecule has 0 aromatic heterocycles. The van der Waals surface area contributed by atoms with Crippen LogP contribution in [-0.2, 0) is 19.1 Å². The summed E-state index contributed by atoms with van der Waals surface area (Å²) in [6.07, 6.45) is 5.14. The third-order valence-corrected chi connectivity index (χ3v) is 2.28. The molecule has 0 fully saturated rings. The third-order valence-electron chi connectivity index (χ3n) is 2.28. The van der Waals surface area contributed by atoms with E-state index in [0.717, 1.165) is 19.3 Å². The molecule has 0 atom stereocenters. The number of rotatable bonds is 10. The highest BCUT2D eigenvalue weighted by Crippen LogP contribution is 2.03. The predicted octanol–water partition coefficient (Wildman–Crippen LogP) is 2.35. The molecule has 18 heavy (non-hydrogen) atoms. The topological polar surface area (TPSA) is 76.4 Å². The molecular formula is C13H21NO4. The Kier molecular flexibility index (Phi) is 10.9. The lowest BCUT2D eigenvalue weighted by Gasteiger charge is -2.04. The molecule has 5 heteroatoms. The summed E-state index contributed by atoms with van der Waals surface area (Å²) in [5, 5.41) is 8.23. The van der Waals surface area contributed by atoms with Crippen LogP contribution in [0.1, 0.15) is 51.9 Å². The van der Waals surface area contributed by atoms with Gasteiger partial charge in [0.15, 0.2) is 0 Å². The minimum atomic E-state index is -0.638. The van der Waals surface area contributed by atoms with E-state index in [9.17, 15) is 9.59 Å². The first-order valence-corrected chi connectivity index (χ1v) is 6.39. The van der Waals surface area contributed by atoms with Crippen LogP contribution in [0.4, 0.5) is 0 Å². The maximum absolute atomic E-state index is 11.2. The number of hydrogen-bond donors (Lipinski definition) is 0. The van der Waals surface area contributed by atoms with Crippen molar-refractivity contribution in [3.05, 3.63) is 0 Å². The number of nitriles is 1. The standard InChI is InChI=1S/C13H21NO4/c1-2-3-4-5-6-9-17-12(15)11-13(16)18-10-7-8-14/h2-7,9-11H2,1H3. The summed E-state index contributed by atoms with van der Waals surface area (Å²) in [7, 11) is 0. The van der Waals surface area contributed by atoms with E-state index in [0.29, 0.717) is 6.61 Å². The van der Waals surface area contributed by atoms with Gasteiger partial charge in [-0.15, -0.1) is 0 Å². The van der Waals surface area contributed by atoms with Gasteiger partial charge in [0.05, 0.1) is 19.1 Å². The van der Waals surface area contributed by atoms with E-state index in [4.69, 9.17) is 10.00 Å². The highest BCUT2D eigenvalue weighted by molar-refractivity contribution is 5.91. The second-order valence-corrected chi connectivity index (χ2v) is 3.94. The first-order chi connectivity index (χ1) is 8.70. The lowest BCUT2D eigenvalue weighted by atomic mass is 10.2. The monoisotopic (exact) mass is 255 g/mol. The van der Waals surface area contributed by atoms with Crippen LogP contribution in [0.5, 0.6) is 0 Å². The number of carbonyl (C=O) groups is 2. The smallest absolute Gasteiger partial charge is 0.317 e. The molecule has 0 radical (unpaired) electrons. The van der Waals surface area contributed by atoms with E-state index in [1.54, 1.807) is 0 Å². The molecule has 5 nitrogen and oxygen atoms in total. The second kappa shape index (κ2) is 11.9. The average molecular weight is 255 g/mol. The van der Waals surface area contributed by atoms with E-state index in [1.807, 2.05) is 6.07 Å². The Morgan fingerprint density at radius 2 is 1.61 bits per heavy atom. The largest absolute Gasteiger partial charge is 0.465 e. The van der Waals surface area contributed by atoms with Crippen molar-refractivity contribution in [1.29, 1.82) is 5.26 Å². The summed E-state index contributed by atoms with van der Waals surface area (Å²) in [4.78, 5) is 22.3. The fourth-order valence-corrected chi connectivity index (χ4v) is 1.32. The number of hydrogen-bond acceptors (Lipinski definition) is 5. The van der Waals surface area contributed by atoms with Crippen molar-refractivity contribution < 1.29 is 19.1 Å². The molecule has 0 aromatic carbocycles. The molecule has 0 saturated heterocycles. The van der Waals surface area contributed by atoms with Crippen LogP contribution < -0.4 is 0 Å². The summed E-state index contributed by atoms with van der Waals surface area (Å²) in [6, 6.07) is 1.84. The Bertz CT molecular complexity index is 283. The number of carbonyl (C=O) groups excluding carboxylic acids is 2. The van der Waals surface area contributed by atoms with Gasteiger partial charge in [-0.25, -0.2) is 0 Å². The van der Waals surface area contributed by atoms with Crippen LogP contribution in [0.3, 0.4) is 0 Å². The molecule has 102 valence electrons. The van der Waals surface area contributed by atoms with Crippen LogP contribution in [0, 0.1) is 11.3 Å². The second-order valence-electron chi connectivity index (χ2n) is 3.94. The summed E-state index contributed by atoms with van der Waals surface area (Å²) in [6.45, 7) is 2.52. The Morgan fingerprint density at radius 1 is 1.00 bits per heavy atom. The van der Waals surface area contributed by atoms with Gasteiger partial charge in [0.25, 0.3) is 0 Å². The summed E-state index contributed by atoms with van der Waals surface area (Å²) in [5.74, 6) is -1.20. The van der Waals surface area contributed by atoms with Crippen molar-refractivity contribution in [2.24, 2.45) is 0 Å². The van der Waals surface area contributed by atoms with Crippen molar-refractivity contribution in [2.45, 2.75) is 51.9 Å². The Hall–Kier alpha value is -1.57. The van der Waals surface area contributed by atoms with Gasteiger partial charge in [-0.3, -0.25) is 9.59 Å². The maximum Gasteiger partial charge on any atom is 0.317 e. The summed E-state index contributed by atoms with van der Waals surface area (Å²) in [5.41, 5.74) is 0. The SMILES string of the molecule is CCCCCCCOC(=O)CC(=O)OCCC#N. The molecule has 0 spiro atoms. The zero-order valence-electron chi connectivity index (χ0n) is 10.9. The lowest BCUT2D eigenvalue weighted by Crippen LogP contribution is -2.14. The van der Waals surface area contributed by atoms with Crippen LogP contribution >= 0.6 is 0 Å². The van der Waals surface area contributed by atoms with Gasteiger partial charge in [0.1, 0.15) is 13.0 Å². The van der Waals surface area contributed by atoms with Crippen molar-refractivity contribution in [2.75, 3.05) is 13.2 Å². The quantitative estimate of drug-likeness (QED) is 0.340. The molecular weight excluding hydrogens is 234 g/mol. The van der Waals surface area contributed by atoms with Crippen molar-refractivity contribution in [3.63, 3.8) is 0 Å². The molecule has 0 aliphatic rings. The highest BCUT2D eigenvalue weighted by atomic mass is 16.6. The average Bonchev–Trinajstić information content (AvgIpc) is 2.34. The lowest BCUT2D eigenvalue weighted by molar-refractivity contribution is -0.154. The fourth-order valence-electron chi connectivity index (χ4n) is 1.32. The van der Waals surface area contributed by atoms with Gasteiger partial charge in [-0.2, -0.15) is 5.26 Å².